The first-order valence-corrected chi connectivity index (χ1v) is 10.3. The van der Waals surface area contributed by atoms with Crippen LogP contribution in [0.2, 0.25) is 0 Å². The third-order valence-corrected chi connectivity index (χ3v) is 5.01. The van der Waals surface area contributed by atoms with Gasteiger partial charge in [-0.05, 0) is 61.0 Å². The van der Waals surface area contributed by atoms with E-state index in [9.17, 15) is 9.59 Å². The van der Waals surface area contributed by atoms with E-state index in [1.54, 1.807) is 30.3 Å². The third-order valence-electron chi connectivity index (χ3n) is 4.81. The lowest BCUT2D eigenvalue weighted by Crippen LogP contribution is -2.36. The molecule has 0 radical (unpaired) electrons. The van der Waals surface area contributed by atoms with Crippen LogP contribution in [0.1, 0.15) is 48.0 Å². The molecule has 1 aliphatic rings. The molecule has 0 bridgehead atoms. The molecule has 2 aromatic carbocycles. The van der Waals surface area contributed by atoms with Crippen LogP contribution in [0.25, 0.3) is 6.08 Å². The molecule has 3 N–H and O–H groups in total. The number of thiocarbonyl (C=S) groups is 1. The second kappa shape index (κ2) is 10.5. The molecule has 0 aliphatic heterocycles. The van der Waals surface area contributed by atoms with Crippen molar-refractivity contribution in [1.82, 2.24) is 10.6 Å². The van der Waals surface area contributed by atoms with Crippen LogP contribution in [0.5, 0.6) is 0 Å². The molecule has 150 valence electrons. The number of anilines is 1. The molecule has 29 heavy (non-hydrogen) atoms. The molecule has 2 amide bonds. The van der Waals surface area contributed by atoms with E-state index in [-0.39, 0.29) is 23.0 Å². The minimum atomic E-state index is -0.310. The molecular formula is C23H25N3O2S. The summed E-state index contributed by atoms with van der Waals surface area (Å²) in [6.45, 7) is 0. The van der Waals surface area contributed by atoms with Gasteiger partial charge in [-0.15, -0.1) is 0 Å². The van der Waals surface area contributed by atoms with E-state index in [2.05, 4.69) is 16.0 Å². The van der Waals surface area contributed by atoms with Crippen molar-refractivity contribution >= 4 is 40.9 Å². The van der Waals surface area contributed by atoms with Crippen LogP contribution in [-0.2, 0) is 4.79 Å². The summed E-state index contributed by atoms with van der Waals surface area (Å²) in [6.07, 6.45) is 8.87. The van der Waals surface area contributed by atoms with E-state index in [0.717, 1.165) is 18.4 Å². The molecule has 5 nitrogen and oxygen atoms in total. The Bertz CT molecular complexity index is 873. The van der Waals surface area contributed by atoms with Crippen LogP contribution in [-0.4, -0.2) is 23.0 Å². The van der Waals surface area contributed by atoms with Gasteiger partial charge < -0.3 is 10.6 Å². The Labute approximate surface area is 176 Å². The van der Waals surface area contributed by atoms with E-state index in [1.165, 1.54) is 25.3 Å². The van der Waals surface area contributed by atoms with Gasteiger partial charge in [0.1, 0.15) is 0 Å². The number of hydrogen-bond acceptors (Lipinski definition) is 3. The maximum atomic E-state index is 12.4. The average molecular weight is 408 g/mol. The number of carbonyl (C=O) groups is 2. The molecule has 3 rings (SSSR count). The van der Waals surface area contributed by atoms with E-state index >= 15 is 0 Å². The summed E-state index contributed by atoms with van der Waals surface area (Å²) in [5.74, 6) is -0.361. The molecule has 1 aliphatic carbocycles. The normalized spacial score (nSPS) is 14.3. The minimum absolute atomic E-state index is 0.0506. The molecule has 0 aromatic heterocycles. The van der Waals surface area contributed by atoms with Gasteiger partial charge in [-0.1, -0.05) is 49.6 Å². The predicted octanol–water partition coefficient (Wildman–Crippen LogP) is 4.28. The highest BCUT2D eigenvalue weighted by Crippen LogP contribution is 2.18. The number of amides is 2. The Balaban J connectivity index is 1.47. The van der Waals surface area contributed by atoms with Crippen LogP contribution in [0.4, 0.5) is 5.69 Å². The second-order valence-electron chi connectivity index (χ2n) is 7.07. The van der Waals surface area contributed by atoms with Crippen molar-refractivity contribution in [1.29, 1.82) is 0 Å². The highest BCUT2D eigenvalue weighted by molar-refractivity contribution is 7.80. The van der Waals surface area contributed by atoms with Gasteiger partial charge >= 0.3 is 0 Å². The molecule has 0 atom stereocenters. The molecule has 2 aromatic rings. The molecule has 0 heterocycles. The smallest absolute Gasteiger partial charge is 0.251 e. The quantitative estimate of drug-likeness (QED) is 0.511. The van der Waals surface area contributed by atoms with Gasteiger partial charge in [-0.25, -0.2) is 0 Å². The van der Waals surface area contributed by atoms with E-state index < -0.39 is 0 Å². The summed E-state index contributed by atoms with van der Waals surface area (Å²) in [6, 6.07) is 16.9. The van der Waals surface area contributed by atoms with Gasteiger partial charge in [0.05, 0.1) is 0 Å². The maximum absolute atomic E-state index is 12.4. The van der Waals surface area contributed by atoms with Gasteiger partial charge in [-0.2, -0.15) is 0 Å². The Morgan fingerprint density at radius 1 is 0.931 bits per heavy atom. The standard InChI is InChI=1S/C23H25N3O2S/c27-21(16-11-17-7-3-1-4-8-17)26-23(29)25-20-14-12-18(13-15-20)22(28)24-19-9-5-2-6-10-19/h1,3-4,7-8,11-16,19H,2,5-6,9-10H2,(H,24,28)(H2,25,26,27,29)/b16-11+. The monoisotopic (exact) mass is 407 g/mol. The zero-order valence-electron chi connectivity index (χ0n) is 16.2. The highest BCUT2D eigenvalue weighted by atomic mass is 32.1. The predicted molar refractivity (Wildman–Crippen MR) is 121 cm³/mol. The van der Waals surface area contributed by atoms with Crippen LogP contribution in [0.15, 0.2) is 60.7 Å². The summed E-state index contributed by atoms with van der Waals surface area (Å²) >= 11 is 5.18. The van der Waals surface area contributed by atoms with Crippen molar-refractivity contribution < 1.29 is 9.59 Å². The summed E-state index contributed by atoms with van der Waals surface area (Å²) < 4.78 is 0. The summed E-state index contributed by atoms with van der Waals surface area (Å²) in [5.41, 5.74) is 2.25. The average Bonchev–Trinajstić information content (AvgIpc) is 2.74. The second-order valence-corrected chi connectivity index (χ2v) is 7.48. The first-order chi connectivity index (χ1) is 14.1. The molecule has 1 fully saturated rings. The summed E-state index contributed by atoms with van der Waals surface area (Å²) in [4.78, 5) is 24.3. The van der Waals surface area contributed by atoms with Gasteiger partial charge in [0.2, 0.25) is 5.91 Å². The molecule has 1 saturated carbocycles. The first-order valence-electron chi connectivity index (χ1n) is 9.86. The van der Waals surface area contributed by atoms with Crippen LogP contribution in [0.3, 0.4) is 0 Å². The van der Waals surface area contributed by atoms with Crippen molar-refractivity contribution in [2.24, 2.45) is 0 Å². The Morgan fingerprint density at radius 3 is 2.31 bits per heavy atom. The van der Waals surface area contributed by atoms with E-state index in [0.29, 0.717) is 11.3 Å². The largest absolute Gasteiger partial charge is 0.349 e. The summed E-state index contributed by atoms with van der Waals surface area (Å²) in [7, 11) is 0. The number of rotatable bonds is 5. The van der Waals surface area contributed by atoms with Crippen molar-refractivity contribution in [2.45, 2.75) is 38.1 Å². The fraction of sp³-hybridized carbons (Fsp3) is 0.261. The molecule has 0 saturated heterocycles. The zero-order valence-corrected chi connectivity index (χ0v) is 17.0. The van der Waals surface area contributed by atoms with Crippen LogP contribution < -0.4 is 16.0 Å². The van der Waals surface area contributed by atoms with Gasteiger partial charge in [0, 0.05) is 23.4 Å². The number of carbonyl (C=O) groups excluding carboxylic acids is 2. The fourth-order valence-electron chi connectivity index (χ4n) is 3.27. The molecule has 0 spiro atoms. The van der Waals surface area contributed by atoms with Crippen LogP contribution >= 0.6 is 12.2 Å². The highest BCUT2D eigenvalue weighted by Gasteiger charge is 2.16. The van der Waals surface area contributed by atoms with Gasteiger partial charge in [0.25, 0.3) is 5.91 Å². The Kier molecular flexibility index (Phi) is 7.53. The molecule has 0 unspecified atom stereocenters. The third kappa shape index (κ3) is 6.84. The van der Waals surface area contributed by atoms with E-state index in [1.807, 2.05) is 30.3 Å². The number of benzene rings is 2. The molecule has 6 heteroatoms. The lowest BCUT2D eigenvalue weighted by Gasteiger charge is -2.22. The Hall–Kier alpha value is -2.99. The minimum Gasteiger partial charge on any atom is -0.349 e. The zero-order chi connectivity index (χ0) is 20.5. The van der Waals surface area contributed by atoms with E-state index in [4.69, 9.17) is 12.2 Å². The van der Waals surface area contributed by atoms with Crippen molar-refractivity contribution in [3.8, 4) is 0 Å². The Morgan fingerprint density at radius 2 is 1.62 bits per heavy atom. The number of hydrogen-bond donors (Lipinski definition) is 3. The number of nitrogens with one attached hydrogen (secondary N) is 3. The summed E-state index contributed by atoms with van der Waals surface area (Å²) in [5, 5.41) is 8.86. The van der Waals surface area contributed by atoms with Crippen molar-refractivity contribution in [3.05, 3.63) is 71.8 Å². The first kappa shape index (κ1) is 20.7. The maximum Gasteiger partial charge on any atom is 0.251 e. The topological polar surface area (TPSA) is 70.2 Å². The lowest BCUT2D eigenvalue weighted by atomic mass is 9.95. The lowest BCUT2D eigenvalue weighted by molar-refractivity contribution is -0.115. The van der Waals surface area contributed by atoms with Crippen LogP contribution in [0, 0.1) is 0 Å². The van der Waals surface area contributed by atoms with Crippen molar-refractivity contribution in [3.63, 3.8) is 0 Å². The van der Waals surface area contributed by atoms with Gasteiger partial charge in [-0.3, -0.25) is 14.9 Å². The van der Waals surface area contributed by atoms with Crippen molar-refractivity contribution in [2.75, 3.05) is 5.32 Å². The fourth-order valence-corrected chi connectivity index (χ4v) is 3.49. The molecular weight excluding hydrogens is 382 g/mol. The SMILES string of the molecule is O=C(/C=C/c1ccccc1)NC(=S)Nc1ccc(C(=O)NC2CCCCC2)cc1. The van der Waals surface area contributed by atoms with Gasteiger partial charge in [0.15, 0.2) is 5.11 Å².